The van der Waals surface area contributed by atoms with E-state index >= 15 is 0 Å². The van der Waals surface area contributed by atoms with E-state index in [-0.39, 0.29) is 18.3 Å². The Morgan fingerprint density at radius 1 is 1.50 bits per heavy atom. The molecule has 4 heteroatoms. The smallest absolute Gasteiger partial charge is 0.317 e. The first-order valence-electron chi connectivity index (χ1n) is 5.22. The molecule has 1 rings (SSSR count). The minimum Gasteiger partial charge on any atom is -0.508 e. The normalized spacial score (nSPS) is 12.4. The van der Waals surface area contributed by atoms with Gasteiger partial charge in [-0.1, -0.05) is 17.7 Å². The van der Waals surface area contributed by atoms with Crippen LogP contribution in [0.5, 0.6) is 5.75 Å². The summed E-state index contributed by atoms with van der Waals surface area (Å²) in [5, 5.41) is 21.0. The predicted octanol–water partition coefficient (Wildman–Crippen LogP) is 1.31. The molecule has 0 aliphatic carbocycles. The number of carbonyl (C=O) groups is 1. The number of phenols is 1. The number of aliphatic carboxylic acids is 1. The second kappa shape index (κ2) is 5.51. The van der Waals surface area contributed by atoms with Gasteiger partial charge in [-0.15, -0.1) is 0 Å². The van der Waals surface area contributed by atoms with Crippen LogP contribution >= 0.6 is 0 Å². The molecule has 0 heterocycles. The molecule has 0 saturated carbocycles. The maximum absolute atomic E-state index is 10.4. The lowest BCUT2D eigenvalue weighted by Crippen LogP contribution is -2.32. The predicted molar refractivity (Wildman–Crippen MR) is 61.6 cm³/mol. The first kappa shape index (κ1) is 12.5. The first-order chi connectivity index (χ1) is 7.49. The largest absolute Gasteiger partial charge is 0.508 e. The Morgan fingerprint density at radius 3 is 2.81 bits per heavy atom. The maximum Gasteiger partial charge on any atom is 0.317 e. The summed E-state index contributed by atoms with van der Waals surface area (Å²) in [6.45, 7) is 3.79. The van der Waals surface area contributed by atoms with Crippen molar-refractivity contribution in [3.05, 3.63) is 29.3 Å². The summed E-state index contributed by atoms with van der Waals surface area (Å²) in [5.41, 5.74) is 1.92. The van der Waals surface area contributed by atoms with Gasteiger partial charge in [0.15, 0.2) is 0 Å². The van der Waals surface area contributed by atoms with E-state index < -0.39 is 5.97 Å². The summed E-state index contributed by atoms with van der Waals surface area (Å²) in [7, 11) is 0. The van der Waals surface area contributed by atoms with Crippen molar-refractivity contribution in [2.24, 2.45) is 0 Å². The molecule has 0 amide bonds. The van der Waals surface area contributed by atoms with E-state index in [0.29, 0.717) is 6.42 Å². The summed E-state index contributed by atoms with van der Waals surface area (Å²) < 4.78 is 0. The zero-order valence-corrected chi connectivity index (χ0v) is 9.53. The van der Waals surface area contributed by atoms with Gasteiger partial charge in [0.1, 0.15) is 5.75 Å². The van der Waals surface area contributed by atoms with Crippen LogP contribution in [0.2, 0.25) is 0 Å². The Labute approximate surface area is 94.9 Å². The Bertz CT molecular complexity index is 377. The number of carboxylic acids is 1. The molecule has 1 aromatic carbocycles. The molecule has 0 saturated heterocycles. The number of hydrogen-bond acceptors (Lipinski definition) is 3. The summed E-state index contributed by atoms with van der Waals surface area (Å²) in [6, 6.07) is 5.43. The van der Waals surface area contributed by atoms with E-state index in [4.69, 9.17) is 5.11 Å². The SMILES string of the molecule is Cc1ccc(O)c(CC(C)NCC(=O)O)c1. The van der Waals surface area contributed by atoms with Crippen LogP contribution in [0.25, 0.3) is 0 Å². The number of rotatable bonds is 5. The van der Waals surface area contributed by atoms with Gasteiger partial charge in [0.25, 0.3) is 0 Å². The molecular formula is C12H17NO3. The van der Waals surface area contributed by atoms with Crippen LogP contribution in [0.3, 0.4) is 0 Å². The lowest BCUT2D eigenvalue weighted by molar-refractivity contribution is -0.136. The molecule has 0 radical (unpaired) electrons. The molecule has 0 aromatic heterocycles. The molecule has 0 bridgehead atoms. The van der Waals surface area contributed by atoms with Crippen molar-refractivity contribution >= 4 is 5.97 Å². The molecule has 4 nitrogen and oxygen atoms in total. The molecule has 1 aromatic rings. The zero-order valence-electron chi connectivity index (χ0n) is 9.53. The molecule has 0 aliphatic heterocycles. The third-order valence-electron chi connectivity index (χ3n) is 2.36. The van der Waals surface area contributed by atoms with Crippen molar-refractivity contribution in [1.29, 1.82) is 0 Å². The Morgan fingerprint density at radius 2 is 2.19 bits per heavy atom. The first-order valence-corrected chi connectivity index (χ1v) is 5.22. The number of carboxylic acid groups (broad SMARTS) is 1. The summed E-state index contributed by atoms with van der Waals surface area (Å²) >= 11 is 0. The highest BCUT2D eigenvalue weighted by Gasteiger charge is 2.08. The van der Waals surface area contributed by atoms with Crippen LogP contribution in [-0.4, -0.2) is 28.8 Å². The summed E-state index contributed by atoms with van der Waals surface area (Å²) in [6.07, 6.45) is 0.612. The molecular weight excluding hydrogens is 206 g/mol. The third kappa shape index (κ3) is 3.90. The lowest BCUT2D eigenvalue weighted by atomic mass is 10.0. The van der Waals surface area contributed by atoms with E-state index in [1.54, 1.807) is 6.07 Å². The van der Waals surface area contributed by atoms with Gasteiger partial charge < -0.3 is 15.5 Å². The van der Waals surface area contributed by atoms with E-state index in [0.717, 1.165) is 11.1 Å². The summed E-state index contributed by atoms with van der Waals surface area (Å²) in [4.78, 5) is 10.4. The monoisotopic (exact) mass is 223 g/mol. The molecule has 0 aliphatic rings. The van der Waals surface area contributed by atoms with Crippen LogP contribution < -0.4 is 5.32 Å². The standard InChI is InChI=1S/C12H17NO3/c1-8-3-4-11(14)10(5-8)6-9(2)13-7-12(15)16/h3-5,9,13-14H,6-7H2,1-2H3,(H,15,16). The van der Waals surface area contributed by atoms with E-state index in [9.17, 15) is 9.90 Å². The fourth-order valence-electron chi connectivity index (χ4n) is 1.54. The topological polar surface area (TPSA) is 69.6 Å². The van der Waals surface area contributed by atoms with Crippen LogP contribution in [-0.2, 0) is 11.2 Å². The second-order valence-electron chi connectivity index (χ2n) is 4.01. The molecule has 1 unspecified atom stereocenters. The van der Waals surface area contributed by atoms with Crippen LogP contribution in [0, 0.1) is 6.92 Å². The van der Waals surface area contributed by atoms with E-state index in [1.165, 1.54) is 0 Å². The highest BCUT2D eigenvalue weighted by molar-refractivity contribution is 5.69. The van der Waals surface area contributed by atoms with Gasteiger partial charge in [0.2, 0.25) is 0 Å². The van der Waals surface area contributed by atoms with Gasteiger partial charge in [0.05, 0.1) is 6.54 Å². The molecule has 0 spiro atoms. The van der Waals surface area contributed by atoms with Gasteiger partial charge in [-0.3, -0.25) is 4.79 Å². The zero-order chi connectivity index (χ0) is 12.1. The van der Waals surface area contributed by atoms with Crippen LogP contribution in [0.15, 0.2) is 18.2 Å². The Kier molecular flexibility index (Phi) is 4.31. The average Bonchev–Trinajstić information content (AvgIpc) is 2.20. The van der Waals surface area contributed by atoms with Gasteiger partial charge >= 0.3 is 5.97 Å². The lowest BCUT2D eigenvalue weighted by Gasteiger charge is -2.13. The molecule has 16 heavy (non-hydrogen) atoms. The number of nitrogens with one attached hydrogen (secondary N) is 1. The molecule has 88 valence electrons. The fourth-order valence-corrected chi connectivity index (χ4v) is 1.54. The third-order valence-corrected chi connectivity index (χ3v) is 2.36. The quantitative estimate of drug-likeness (QED) is 0.704. The van der Waals surface area contributed by atoms with Crippen LogP contribution in [0.4, 0.5) is 0 Å². The maximum atomic E-state index is 10.4. The molecule has 0 fully saturated rings. The van der Waals surface area contributed by atoms with Crippen molar-refractivity contribution in [2.45, 2.75) is 26.3 Å². The van der Waals surface area contributed by atoms with E-state index in [2.05, 4.69) is 5.32 Å². The van der Waals surface area contributed by atoms with Crippen LogP contribution in [0.1, 0.15) is 18.1 Å². The minimum absolute atomic E-state index is 0.0174. The number of phenolic OH excluding ortho intramolecular Hbond substituents is 1. The van der Waals surface area contributed by atoms with Crippen molar-refractivity contribution in [2.75, 3.05) is 6.54 Å². The number of hydrogen-bond donors (Lipinski definition) is 3. The van der Waals surface area contributed by atoms with Crippen molar-refractivity contribution < 1.29 is 15.0 Å². The second-order valence-corrected chi connectivity index (χ2v) is 4.01. The Hall–Kier alpha value is -1.55. The Balaban J connectivity index is 2.58. The number of aromatic hydroxyl groups is 1. The molecule has 3 N–H and O–H groups in total. The highest BCUT2D eigenvalue weighted by atomic mass is 16.4. The number of aryl methyl sites for hydroxylation is 1. The van der Waals surface area contributed by atoms with Gasteiger partial charge in [-0.2, -0.15) is 0 Å². The minimum atomic E-state index is -0.875. The highest BCUT2D eigenvalue weighted by Crippen LogP contribution is 2.19. The number of benzene rings is 1. The van der Waals surface area contributed by atoms with Gasteiger partial charge in [0, 0.05) is 6.04 Å². The van der Waals surface area contributed by atoms with E-state index in [1.807, 2.05) is 26.0 Å². The average molecular weight is 223 g/mol. The van der Waals surface area contributed by atoms with Crippen molar-refractivity contribution in [3.63, 3.8) is 0 Å². The molecule has 1 atom stereocenters. The summed E-state index contributed by atoms with van der Waals surface area (Å²) in [5.74, 6) is -0.616. The van der Waals surface area contributed by atoms with Crippen molar-refractivity contribution in [3.8, 4) is 5.75 Å². The van der Waals surface area contributed by atoms with Crippen molar-refractivity contribution in [1.82, 2.24) is 5.32 Å². The fraction of sp³-hybridized carbons (Fsp3) is 0.417. The van der Waals surface area contributed by atoms with Gasteiger partial charge in [-0.25, -0.2) is 0 Å². The van der Waals surface area contributed by atoms with Gasteiger partial charge in [-0.05, 0) is 31.9 Å².